The molecule has 0 unspecified atom stereocenters. The third-order valence-electron chi connectivity index (χ3n) is 4.31. The molecule has 0 fully saturated rings. The maximum absolute atomic E-state index is 12.8. The van der Waals surface area contributed by atoms with Crippen molar-refractivity contribution in [3.05, 3.63) is 74.9 Å². The molecule has 0 saturated heterocycles. The van der Waals surface area contributed by atoms with Gasteiger partial charge in [-0.1, -0.05) is 41.9 Å². The number of amides is 1. The number of pyridine rings is 1. The summed E-state index contributed by atoms with van der Waals surface area (Å²) in [5.74, 6) is -0.272. The lowest BCUT2D eigenvalue weighted by atomic mass is 10.1. The van der Waals surface area contributed by atoms with Gasteiger partial charge in [-0.15, -0.1) is 11.3 Å². The van der Waals surface area contributed by atoms with Crippen LogP contribution in [0.1, 0.15) is 16.6 Å². The highest BCUT2D eigenvalue weighted by atomic mass is 35.5. The van der Waals surface area contributed by atoms with Gasteiger partial charge in [0.05, 0.1) is 26.5 Å². The van der Waals surface area contributed by atoms with Gasteiger partial charge in [-0.25, -0.2) is 0 Å². The van der Waals surface area contributed by atoms with Gasteiger partial charge in [-0.2, -0.15) is 0 Å². The first kappa shape index (κ1) is 16.8. The van der Waals surface area contributed by atoms with E-state index >= 15 is 0 Å². The Balaban J connectivity index is 1.87. The van der Waals surface area contributed by atoms with Crippen molar-refractivity contribution < 1.29 is 4.79 Å². The van der Waals surface area contributed by atoms with Crippen molar-refractivity contribution in [3.63, 3.8) is 0 Å². The minimum Gasteiger partial charge on any atom is -0.320 e. The first-order valence-electron chi connectivity index (χ1n) is 8.21. The lowest BCUT2D eigenvalue weighted by molar-refractivity contribution is 0.103. The number of aryl methyl sites for hydroxylation is 1. The minimum absolute atomic E-state index is 0.0748. The summed E-state index contributed by atoms with van der Waals surface area (Å²) in [5.41, 5.74) is 1.36. The van der Waals surface area contributed by atoms with E-state index in [4.69, 9.17) is 11.6 Å². The van der Waals surface area contributed by atoms with E-state index < -0.39 is 0 Å². The van der Waals surface area contributed by atoms with Gasteiger partial charge >= 0.3 is 0 Å². The van der Waals surface area contributed by atoms with Gasteiger partial charge < -0.3 is 9.88 Å². The molecule has 26 heavy (non-hydrogen) atoms. The van der Waals surface area contributed by atoms with Crippen molar-refractivity contribution in [2.75, 3.05) is 5.32 Å². The average Bonchev–Trinajstić information content (AvgIpc) is 3.10. The Labute approximate surface area is 158 Å². The number of thiophene rings is 1. The second-order valence-corrected chi connectivity index (χ2v) is 7.31. The van der Waals surface area contributed by atoms with Gasteiger partial charge in [0.25, 0.3) is 11.5 Å². The molecule has 130 valence electrons. The van der Waals surface area contributed by atoms with Crippen LogP contribution < -0.4 is 10.9 Å². The van der Waals surface area contributed by atoms with Gasteiger partial charge in [-0.05, 0) is 31.2 Å². The van der Waals surface area contributed by atoms with E-state index in [9.17, 15) is 9.59 Å². The van der Waals surface area contributed by atoms with Crippen LogP contribution in [0.25, 0.3) is 21.0 Å². The molecule has 2 heterocycles. The van der Waals surface area contributed by atoms with Crippen LogP contribution in [-0.4, -0.2) is 10.5 Å². The smallest absolute Gasteiger partial charge is 0.265 e. The van der Waals surface area contributed by atoms with Crippen LogP contribution in [0.15, 0.2) is 59.4 Å². The summed E-state index contributed by atoms with van der Waals surface area (Å²) in [4.78, 5) is 26.0. The number of anilines is 1. The highest BCUT2D eigenvalue weighted by Gasteiger charge is 2.17. The molecule has 1 amide bonds. The molecule has 0 radical (unpaired) electrons. The molecule has 0 aliphatic rings. The van der Waals surface area contributed by atoms with Crippen LogP contribution in [0.4, 0.5) is 5.69 Å². The van der Waals surface area contributed by atoms with Gasteiger partial charge in [0.15, 0.2) is 0 Å². The van der Waals surface area contributed by atoms with Crippen molar-refractivity contribution in [1.29, 1.82) is 0 Å². The van der Waals surface area contributed by atoms with Crippen molar-refractivity contribution in [2.45, 2.75) is 13.5 Å². The van der Waals surface area contributed by atoms with Crippen LogP contribution in [0.5, 0.6) is 0 Å². The quantitative estimate of drug-likeness (QED) is 0.533. The number of rotatable bonds is 3. The first-order valence-corrected chi connectivity index (χ1v) is 9.40. The Morgan fingerprint density at radius 2 is 1.85 bits per heavy atom. The highest BCUT2D eigenvalue weighted by Crippen LogP contribution is 2.31. The molecule has 4 rings (SSSR count). The first-order chi connectivity index (χ1) is 12.6. The maximum atomic E-state index is 12.8. The molecule has 2 aromatic heterocycles. The number of halogens is 1. The van der Waals surface area contributed by atoms with Crippen LogP contribution >= 0.6 is 22.9 Å². The molecule has 2 aromatic carbocycles. The minimum atomic E-state index is -0.272. The lowest BCUT2D eigenvalue weighted by Crippen LogP contribution is -2.19. The largest absolute Gasteiger partial charge is 0.320 e. The highest BCUT2D eigenvalue weighted by molar-refractivity contribution is 7.21. The van der Waals surface area contributed by atoms with Crippen molar-refractivity contribution >= 4 is 55.5 Å². The number of hydrogen-bond acceptors (Lipinski definition) is 3. The van der Waals surface area contributed by atoms with Crippen LogP contribution in [0.2, 0.25) is 5.02 Å². The summed E-state index contributed by atoms with van der Waals surface area (Å²) in [6.07, 6.45) is 0. The normalized spacial score (nSPS) is 11.2. The zero-order valence-electron chi connectivity index (χ0n) is 14.0. The SMILES string of the molecule is CCn1c(=O)c2cc(C(=O)Nc3ccccc3Cl)sc2c2ccccc21. The number of carbonyl (C=O) groups is 1. The second kappa shape index (κ2) is 6.59. The molecule has 0 aliphatic heterocycles. The predicted molar refractivity (Wildman–Crippen MR) is 109 cm³/mol. The zero-order chi connectivity index (χ0) is 18.3. The lowest BCUT2D eigenvalue weighted by Gasteiger charge is -2.08. The number of benzene rings is 2. The van der Waals surface area contributed by atoms with Crippen LogP contribution in [-0.2, 0) is 6.54 Å². The van der Waals surface area contributed by atoms with E-state index in [1.54, 1.807) is 34.9 Å². The Morgan fingerprint density at radius 3 is 2.62 bits per heavy atom. The van der Waals surface area contributed by atoms with Crippen molar-refractivity contribution in [1.82, 2.24) is 4.57 Å². The van der Waals surface area contributed by atoms with Crippen molar-refractivity contribution in [2.24, 2.45) is 0 Å². The fourth-order valence-electron chi connectivity index (χ4n) is 3.08. The molecular formula is C20H15ClN2O2S. The molecule has 0 bridgehead atoms. The molecule has 1 N–H and O–H groups in total. The van der Waals surface area contributed by atoms with E-state index in [-0.39, 0.29) is 11.5 Å². The molecular weight excluding hydrogens is 368 g/mol. The topological polar surface area (TPSA) is 51.1 Å². The molecule has 4 aromatic rings. The van der Waals surface area contributed by atoms with Gasteiger partial charge in [0.1, 0.15) is 0 Å². The number of hydrogen-bond donors (Lipinski definition) is 1. The van der Waals surface area contributed by atoms with Crippen LogP contribution in [0, 0.1) is 0 Å². The van der Waals surface area contributed by atoms with Gasteiger partial charge in [-0.3, -0.25) is 9.59 Å². The van der Waals surface area contributed by atoms with E-state index in [1.807, 2.05) is 31.2 Å². The molecule has 0 atom stereocenters. The molecule has 0 spiro atoms. The number of para-hydroxylation sites is 2. The third kappa shape index (κ3) is 2.69. The number of nitrogens with one attached hydrogen (secondary N) is 1. The molecule has 0 aliphatic carbocycles. The zero-order valence-corrected chi connectivity index (χ0v) is 15.5. The van der Waals surface area contributed by atoms with Gasteiger partial charge in [0, 0.05) is 16.6 Å². The van der Waals surface area contributed by atoms with Crippen LogP contribution in [0.3, 0.4) is 0 Å². The van der Waals surface area contributed by atoms with E-state index in [0.717, 1.165) is 15.6 Å². The number of fused-ring (bicyclic) bond motifs is 3. The van der Waals surface area contributed by atoms with Crippen molar-refractivity contribution in [3.8, 4) is 0 Å². The van der Waals surface area contributed by atoms with E-state index in [2.05, 4.69) is 5.32 Å². The third-order valence-corrected chi connectivity index (χ3v) is 5.81. The van der Waals surface area contributed by atoms with E-state index in [0.29, 0.717) is 27.5 Å². The summed E-state index contributed by atoms with van der Waals surface area (Å²) < 4.78 is 2.57. The summed E-state index contributed by atoms with van der Waals surface area (Å²) in [7, 11) is 0. The Bertz CT molecular complexity index is 1210. The molecule has 6 heteroatoms. The summed E-state index contributed by atoms with van der Waals surface area (Å²) in [6, 6.07) is 16.5. The average molecular weight is 383 g/mol. The Hall–Kier alpha value is -2.63. The fraction of sp³-hybridized carbons (Fsp3) is 0.100. The number of aromatic nitrogens is 1. The van der Waals surface area contributed by atoms with Gasteiger partial charge in [0.2, 0.25) is 0 Å². The standard InChI is InChI=1S/C20H15ClN2O2S/c1-2-23-16-10-6-3-7-12(16)18-13(20(23)25)11-17(26-18)19(24)22-15-9-5-4-8-14(15)21/h3-11H,2H2,1H3,(H,22,24). The second-order valence-electron chi connectivity index (χ2n) is 5.85. The molecule has 4 nitrogen and oxygen atoms in total. The monoisotopic (exact) mass is 382 g/mol. The number of carbonyl (C=O) groups excluding carboxylic acids is 1. The number of nitrogens with zero attached hydrogens (tertiary/aromatic N) is 1. The van der Waals surface area contributed by atoms with E-state index in [1.165, 1.54) is 11.3 Å². The fourth-order valence-corrected chi connectivity index (χ4v) is 4.34. The predicted octanol–water partition coefficient (Wildman–Crippen LogP) is 5.14. The summed E-state index contributed by atoms with van der Waals surface area (Å²) in [5, 5.41) is 4.83. The Morgan fingerprint density at radius 1 is 1.12 bits per heavy atom. The summed E-state index contributed by atoms with van der Waals surface area (Å²) in [6.45, 7) is 2.52. The maximum Gasteiger partial charge on any atom is 0.265 e. The molecule has 0 saturated carbocycles. The summed E-state index contributed by atoms with van der Waals surface area (Å²) >= 11 is 7.44. The Kier molecular flexibility index (Phi) is 4.26.